The Balaban J connectivity index is 1.67. The van der Waals surface area contributed by atoms with E-state index >= 15 is 0 Å². The number of aromatic nitrogens is 3. The maximum Gasteiger partial charge on any atom is 0.191 e. The highest BCUT2D eigenvalue weighted by Crippen LogP contribution is 2.40. The number of rotatable bonds is 6. The molecule has 0 bridgehead atoms. The zero-order valence-electron chi connectivity index (χ0n) is 11.8. The summed E-state index contributed by atoms with van der Waals surface area (Å²) in [5, 5.41) is 9.40. The van der Waals surface area contributed by atoms with Gasteiger partial charge in [0.15, 0.2) is 10.9 Å². The summed E-state index contributed by atoms with van der Waals surface area (Å²) < 4.78 is 3.28. The van der Waals surface area contributed by atoms with Crippen molar-refractivity contribution in [1.29, 1.82) is 0 Å². The van der Waals surface area contributed by atoms with Crippen molar-refractivity contribution in [2.24, 2.45) is 0 Å². The summed E-state index contributed by atoms with van der Waals surface area (Å²) in [6.07, 6.45) is 2.43. The van der Waals surface area contributed by atoms with Crippen LogP contribution in [0.4, 0.5) is 0 Å². The first-order chi connectivity index (χ1) is 10.2. The third-order valence-electron chi connectivity index (χ3n) is 3.50. The van der Waals surface area contributed by atoms with Crippen LogP contribution in [0.15, 0.2) is 29.4 Å². The number of thioether (sulfide) groups is 1. The maximum atomic E-state index is 12.2. The van der Waals surface area contributed by atoms with Gasteiger partial charge in [0.25, 0.3) is 0 Å². The van der Waals surface area contributed by atoms with Crippen LogP contribution in [-0.4, -0.2) is 26.3 Å². The molecule has 1 aromatic carbocycles. The quantitative estimate of drug-likeness (QED) is 0.411. The van der Waals surface area contributed by atoms with Gasteiger partial charge in [0, 0.05) is 21.6 Å². The average Bonchev–Trinajstić information content (AvgIpc) is 3.25. The van der Waals surface area contributed by atoms with Gasteiger partial charge in [-0.25, -0.2) is 0 Å². The molecule has 6 heteroatoms. The normalized spacial score (nSPS) is 14.4. The second kappa shape index (κ2) is 6.48. The average molecular weight is 413 g/mol. The molecular weight excluding hydrogens is 397 g/mol. The number of nitrogens with zero attached hydrogens (tertiary/aromatic N) is 3. The van der Waals surface area contributed by atoms with E-state index in [2.05, 4.69) is 44.3 Å². The lowest BCUT2D eigenvalue weighted by Crippen LogP contribution is -2.06. The Morgan fingerprint density at radius 2 is 2.05 bits per heavy atom. The van der Waals surface area contributed by atoms with E-state index in [0.717, 1.165) is 26.7 Å². The minimum atomic E-state index is 0.134. The minimum Gasteiger partial charge on any atom is -0.306 e. The van der Waals surface area contributed by atoms with Gasteiger partial charge in [-0.3, -0.25) is 4.79 Å². The van der Waals surface area contributed by atoms with Gasteiger partial charge in [0.2, 0.25) is 0 Å². The van der Waals surface area contributed by atoms with Crippen LogP contribution in [-0.2, 0) is 6.54 Å². The Kier molecular flexibility index (Phi) is 4.63. The molecule has 4 nitrogen and oxygen atoms in total. The van der Waals surface area contributed by atoms with Crippen LogP contribution < -0.4 is 0 Å². The van der Waals surface area contributed by atoms with Crippen molar-refractivity contribution in [3.05, 3.63) is 39.2 Å². The fourth-order valence-corrected chi connectivity index (χ4v) is 3.46. The van der Waals surface area contributed by atoms with E-state index in [9.17, 15) is 4.79 Å². The number of carbonyl (C=O) groups is 1. The molecule has 3 rings (SSSR count). The van der Waals surface area contributed by atoms with Crippen LogP contribution in [0.2, 0.25) is 0 Å². The SMILES string of the molecule is CCn1c(SCC(=O)c2ccc(I)cc2)nnc1C1CC1. The second-order valence-electron chi connectivity index (χ2n) is 5.08. The zero-order valence-corrected chi connectivity index (χ0v) is 14.7. The number of halogens is 1. The Labute approximate surface area is 141 Å². The maximum absolute atomic E-state index is 12.2. The largest absolute Gasteiger partial charge is 0.306 e. The molecule has 110 valence electrons. The first-order valence-corrected chi connectivity index (χ1v) is 9.10. The molecule has 0 atom stereocenters. The van der Waals surface area contributed by atoms with Crippen molar-refractivity contribution in [3.8, 4) is 0 Å². The van der Waals surface area contributed by atoms with E-state index in [1.165, 1.54) is 24.6 Å². The van der Waals surface area contributed by atoms with Crippen LogP contribution in [0.1, 0.15) is 41.9 Å². The predicted octanol–water partition coefficient (Wildman–Crippen LogP) is 3.76. The van der Waals surface area contributed by atoms with Crippen molar-refractivity contribution in [2.45, 2.75) is 37.4 Å². The van der Waals surface area contributed by atoms with Crippen LogP contribution in [0.3, 0.4) is 0 Å². The van der Waals surface area contributed by atoms with Crippen molar-refractivity contribution < 1.29 is 4.79 Å². The van der Waals surface area contributed by atoms with E-state index in [0.29, 0.717) is 11.7 Å². The lowest BCUT2D eigenvalue weighted by Gasteiger charge is -2.06. The van der Waals surface area contributed by atoms with Crippen molar-refractivity contribution >= 4 is 40.1 Å². The molecular formula is C15H16IN3OS. The third kappa shape index (κ3) is 3.48. The molecule has 0 amide bonds. The molecule has 1 fully saturated rings. The summed E-state index contributed by atoms with van der Waals surface area (Å²) in [7, 11) is 0. The van der Waals surface area contributed by atoms with Gasteiger partial charge in [-0.1, -0.05) is 23.9 Å². The molecule has 0 aliphatic heterocycles. The standard InChI is InChI=1S/C15H16IN3OS/c1-2-19-14(11-3-4-11)17-18-15(19)21-9-13(20)10-5-7-12(16)8-6-10/h5-8,11H,2-4,9H2,1H3. The van der Waals surface area contributed by atoms with Crippen molar-refractivity contribution in [2.75, 3.05) is 5.75 Å². The molecule has 0 radical (unpaired) electrons. The molecule has 1 aliphatic carbocycles. The molecule has 0 saturated heterocycles. The second-order valence-corrected chi connectivity index (χ2v) is 7.27. The summed E-state index contributed by atoms with van der Waals surface area (Å²) in [5.41, 5.74) is 0.757. The highest BCUT2D eigenvalue weighted by molar-refractivity contribution is 14.1. The fraction of sp³-hybridized carbons (Fsp3) is 0.400. The van der Waals surface area contributed by atoms with Gasteiger partial charge in [0.1, 0.15) is 5.82 Å². The lowest BCUT2D eigenvalue weighted by molar-refractivity contribution is 0.102. The predicted molar refractivity (Wildman–Crippen MR) is 91.9 cm³/mol. The van der Waals surface area contributed by atoms with E-state index in [4.69, 9.17) is 0 Å². The highest BCUT2D eigenvalue weighted by atomic mass is 127. The first kappa shape index (κ1) is 15.0. The molecule has 1 aliphatic rings. The Morgan fingerprint density at radius 3 is 2.67 bits per heavy atom. The molecule has 21 heavy (non-hydrogen) atoms. The lowest BCUT2D eigenvalue weighted by atomic mass is 10.2. The Morgan fingerprint density at radius 1 is 1.33 bits per heavy atom. The third-order valence-corrected chi connectivity index (χ3v) is 5.19. The van der Waals surface area contributed by atoms with Gasteiger partial charge in [-0.05, 0) is 54.5 Å². The van der Waals surface area contributed by atoms with Gasteiger partial charge in [-0.2, -0.15) is 0 Å². The molecule has 2 aromatic rings. The molecule has 1 heterocycles. The van der Waals surface area contributed by atoms with Crippen LogP contribution >= 0.6 is 34.4 Å². The fourth-order valence-electron chi connectivity index (χ4n) is 2.20. The van der Waals surface area contributed by atoms with Gasteiger partial charge in [-0.15, -0.1) is 10.2 Å². The Hall–Kier alpha value is -0.890. The van der Waals surface area contributed by atoms with E-state index in [-0.39, 0.29) is 5.78 Å². The molecule has 1 aromatic heterocycles. The first-order valence-electron chi connectivity index (χ1n) is 7.03. The highest BCUT2D eigenvalue weighted by Gasteiger charge is 2.30. The zero-order chi connectivity index (χ0) is 14.8. The molecule has 0 N–H and O–H groups in total. The van der Waals surface area contributed by atoms with Crippen LogP contribution in [0.5, 0.6) is 0 Å². The smallest absolute Gasteiger partial charge is 0.191 e. The molecule has 0 unspecified atom stereocenters. The minimum absolute atomic E-state index is 0.134. The van der Waals surface area contributed by atoms with Crippen molar-refractivity contribution in [3.63, 3.8) is 0 Å². The molecule has 1 saturated carbocycles. The van der Waals surface area contributed by atoms with E-state index in [1.807, 2.05) is 24.3 Å². The van der Waals surface area contributed by atoms with E-state index < -0.39 is 0 Å². The number of hydrogen-bond acceptors (Lipinski definition) is 4. The number of hydrogen-bond donors (Lipinski definition) is 0. The van der Waals surface area contributed by atoms with Gasteiger partial charge < -0.3 is 4.57 Å². The van der Waals surface area contributed by atoms with Gasteiger partial charge in [0.05, 0.1) is 5.75 Å². The number of ketones is 1. The summed E-state index contributed by atoms with van der Waals surface area (Å²) in [5.74, 6) is 2.21. The summed E-state index contributed by atoms with van der Waals surface area (Å²) >= 11 is 3.72. The number of Topliss-reactive ketones (excluding diaryl/α,β-unsaturated/α-hetero) is 1. The van der Waals surface area contributed by atoms with Gasteiger partial charge >= 0.3 is 0 Å². The summed E-state index contributed by atoms with van der Waals surface area (Å²) in [6.45, 7) is 2.96. The monoisotopic (exact) mass is 413 g/mol. The van der Waals surface area contributed by atoms with Crippen LogP contribution in [0.25, 0.3) is 0 Å². The summed E-state index contributed by atoms with van der Waals surface area (Å²) in [6, 6.07) is 7.67. The topological polar surface area (TPSA) is 47.8 Å². The number of carbonyl (C=O) groups excluding carboxylic acids is 1. The Bertz CT molecular complexity index is 649. The number of benzene rings is 1. The summed E-state index contributed by atoms with van der Waals surface area (Å²) in [4.78, 5) is 12.2. The molecule has 0 spiro atoms. The van der Waals surface area contributed by atoms with Crippen LogP contribution in [0, 0.1) is 3.57 Å². The van der Waals surface area contributed by atoms with Crippen molar-refractivity contribution in [1.82, 2.24) is 14.8 Å². The van der Waals surface area contributed by atoms with E-state index in [1.54, 1.807) is 0 Å².